The zero-order valence-electron chi connectivity index (χ0n) is 13.4. The summed E-state index contributed by atoms with van der Waals surface area (Å²) < 4.78 is 19.8. The highest BCUT2D eigenvalue weighted by molar-refractivity contribution is 5.48. The van der Waals surface area contributed by atoms with Gasteiger partial charge in [-0.25, -0.2) is 4.39 Å². The average Bonchev–Trinajstić information content (AvgIpc) is 3.06. The lowest BCUT2D eigenvalue weighted by molar-refractivity contribution is 0.349. The van der Waals surface area contributed by atoms with Crippen LogP contribution in [-0.4, -0.2) is 13.7 Å². The quantitative estimate of drug-likeness (QED) is 0.891. The molecule has 0 aromatic heterocycles. The second-order valence-electron chi connectivity index (χ2n) is 6.78. The lowest BCUT2D eigenvalue weighted by atomic mass is 9.71. The molecule has 1 N–H and O–H groups in total. The summed E-state index contributed by atoms with van der Waals surface area (Å²) in [4.78, 5) is 0. The summed E-state index contributed by atoms with van der Waals surface area (Å²) in [6, 6.07) is 13.3. The van der Waals surface area contributed by atoms with Gasteiger partial charge in [0.15, 0.2) is 0 Å². The Morgan fingerprint density at radius 2 is 1.87 bits per heavy atom. The predicted octanol–water partition coefficient (Wildman–Crippen LogP) is 4.34. The third-order valence-electron chi connectivity index (χ3n) is 5.56. The van der Waals surface area contributed by atoms with Crippen molar-refractivity contribution in [3.05, 3.63) is 65.0 Å². The SMILES string of the molecule is COc1ccc2c(c1)C1(CCCC1)CNC2c1ccccc1F. The van der Waals surface area contributed by atoms with Gasteiger partial charge in [-0.15, -0.1) is 0 Å². The minimum absolute atomic E-state index is 0.0802. The molecule has 2 aromatic carbocycles. The Labute approximate surface area is 136 Å². The van der Waals surface area contributed by atoms with Crippen molar-refractivity contribution < 1.29 is 9.13 Å². The molecule has 1 fully saturated rings. The number of hydrogen-bond donors (Lipinski definition) is 1. The fraction of sp³-hybridized carbons (Fsp3) is 0.400. The van der Waals surface area contributed by atoms with Crippen molar-refractivity contribution in [3.63, 3.8) is 0 Å². The predicted molar refractivity (Wildman–Crippen MR) is 89.4 cm³/mol. The fourth-order valence-corrected chi connectivity index (χ4v) is 4.36. The zero-order valence-corrected chi connectivity index (χ0v) is 13.4. The van der Waals surface area contributed by atoms with Gasteiger partial charge in [0.05, 0.1) is 13.2 Å². The van der Waals surface area contributed by atoms with E-state index in [-0.39, 0.29) is 17.3 Å². The Hall–Kier alpha value is -1.87. The molecule has 1 aliphatic heterocycles. The van der Waals surface area contributed by atoms with Crippen LogP contribution in [0, 0.1) is 5.82 Å². The maximum atomic E-state index is 14.3. The van der Waals surface area contributed by atoms with Crippen LogP contribution >= 0.6 is 0 Å². The summed E-state index contributed by atoms with van der Waals surface area (Å²) in [6.45, 7) is 0.909. The lowest BCUT2D eigenvalue weighted by Crippen LogP contribution is -2.44. The van der Waals surface area contributed by atoms with E-state index < -0.39 is 0 Å². The van der Waals surface area contributed by atoms with Crippen LogP contribution < -0.4 is 10.1 Å². The molecule has 4 rings (SSSR count). The lowest BCUT2D eigenvalue weighted by Gasteiger charge is -2.41. The number of halogens is 1. The van der Waals surface area contributed by atoms with Gasteiger partial charge in [-0.05, 0) is 42.2 Å². The van der Waals surface area contributed by atoms with Gasteiger partial charge in [0, 0.05) is 17.5 Å². The van der Waals surface area contributed by atoms with E-state index in [1.807, 2.05) is 18.2 Å². The van der Waals surface area contributed by atoms with Gasteiger partial charge in [-0.1, -0.05) is 37.1 Å². The first-order valence-corrected chi connectivity index (χ1v) is 8.40. The summed E-state index contributed by atoms with van der Waals surface area (Å²) in [6.07, 6.45) is 4.93. The highest BCUT2D eigenvalue weighted by atomic mass is 19.1. The molecule has 0 radical (unpaired) electrons. The van der Waals surface area contributed by atoms with Crippen LogP contribution in [0.15, 0.2) is 42.5 Å². The molecule has 0 saturated heterocycles. The van der Waals surface area contributed by atoms with E-state index in [0.29, 0.717) is 0 Å². The van der Waals surface area contributed by atoms with Gasteiger partial charge in [0.1, 0.15) is 11.6 Å². The molecule has 0 amide bonds. The van der Waals surface area contributed by atoms with Gasteiger partial charge >= 0.3 is 0 Å². The number of rotatable bonds is 2. The monoisotopic (exact) mass is 311 g/mol. The van der Waals surface area contributed by atoms with E-state index >= 15 is 0 Å². The van der Waals surface area contributed by atoms with Crippen LogP contribution in [0.2, 0.25) is 0 Å². The number of methoxy groups -OCH3 is 1. The van der Waals surface area contributed by atoms with Gasteiger partial charge in [-0.3, -0.25) is 0 Å². The standard InChI is InChI=1S/C20H22FNO/c1-23-14-8-9-15-17(12-14)20(10-4-5-11-20)13-22-19(15)16-6-2-3-7-18(16)21/h2-3,6-9,12,19,22H,4-5,10-11,13H2,1H3. The highest BCUT2D eigenvalue weighted by Crippen LogP contribution is 2.48. The summed E-state index contributed by atoms with van der Waals surface area (Å²) in [5.74, 6) is 0.748. The minimum Gasteiger partial charge on any atom is -0.497 e. The van der Waals surface area contributed by atoms with Gasteiger partial charge in [-0.2, -0.15) is 0 Å². The summed E-state index contributed by atoms with van der Waals surface area (Å²) >= 11 is 0. The van der Waals surface area contributed by atoms with Crippen molar-refractivity contribution in [2.24, 2.45) is 0 Å². The van der Waals surface area contributed by atoms with Gasteiger partial charge in [0.2, 0.25) is 0 Å². The summed E-state index contributed by atoms with van der Waals surface area (Å²) in [5, 5.41) is 3.62. The van der Waals surface area contributed by atoms with Crippen molar-refractivity contribution in [1.82, 2.24) is 5.32 Å². The van der Waals surface area contributed by atoms with Crippen LogP contribution in [0.1, 0.15) is 48.4 Å². The van der Waals surface area contributed by atoms with Crippen molar-refractivity contribution in [1.29, 1.82) is 0 Å². The molecule has 1 saturated carbocycles. The molecule has 2 aromatic rings. The normalized spacial score (nSPS) is 22.1. The number of nitrogens with one attached hydrogen (secondary N) is 1. The molecule has 1 aliphatic carbocycles. The summed E-state index contributed by atoms with van der Waals surface area (Å²) in [5.41, 5.74) is 3.46. The topological polar surface area (TPSA) is 21.3 Å². The Kier molecular flexibility index (Phi) is 3.61. The molecular weight excluding hydrogens is 289 g/mol. The first-order chi connectivity index (χ1) is 11.2. The molecule has 0 bridgehead atoms. The van der Waals surface area contributed by atoms with Crippen LogP contribution in [0.4, 0.5) is 4.39 Å². The van der Waals surface area contributed by atoms with E-state index in [4.69, 9.17) is 4.74 Å². The second-order valence-corrected chi connectivity index (χ2v) is 6.78. The zero-order chi connectivity index (χ0) is 15.9. The molecule has 2 aliphatic rings. The number of benzene rings is 2. The average molecular weight is 311 g/mol. The van der Waals surface area contributed by atoms with Crippen LogP contribution in [-0.2, 0) is 5.41 Å². The number of fused-ring (bicyclic) bond motifs is 2. The number of hydrogen-bond acceptors (Lipinski definition) is 2. The minimum atomic E-state index is -0.144. The third kappa shape index (κ3) is 2.34. The molecule has 1 spiro atoms. The Morgan fingerprint density at radius 1 is 1.09 bits per heavy atom. The van der Waals surface area contributed by atoms with Crippen LogP contribution in [0.25, 0.3) is 0 Å². The maximum absolute atomic E-state index is 14.3. The Bertz CT molecular complexity index is 721. The summed E-state index contributed by atoms with van der Waals surface area (Å²) in [7, 11) is 1.71. The first kappa shape index (κ1) is 14.7. The van der Waals surface area contributed by atoms with E-state index in [0.717, 1.165) is 17.9 Å². The van der Waals surface area contributed by atoms with Gasteiger partial charge < -0.3 is 10.1 Å². The largest absolute Gasteiger partial charge is 0.497 e. The van der Waals surface area contributed by atoms with E-state index in [2.05, 4.69) is 17.4 Å². The molecule has 1 atom stereocenters. The van der Waals surface area contributed by atoms with Crippen molar-refractivity contribution in [3.8, 4) is 5.75 Å². The smallest absolute Gasteiger partial charge is 0.128 e. The molecular formula is C20H22FNO. The highest BCUT2D eigenvalue weighted by Gasteiger charge is 2.42. The molecule has 2 nitrogen and oxygen atoms in total. The van der Waals surface area contributed by atoms with Crippen LogP contribution in [0.5, 0.6) is 5.75 Å². The molecule has 1 unspecified atom stereocenters. The molecule has 1 heterocycles. The van der Waals surface area contributed by atoms with Crippen molar-refractivity contribution in [2.45, 2.75) is 37.1 Å². The van der Waals surface area contributed by atoms with Gasteiger partial charge in [0.25, 0.3) is 0 Å². The molecule has 120 valence electrons. The second kappa shape index (κ2) is 5.64. The first-order valence-electron chi connectivity index (χ1n) is 8.40. The third-order valence-corrected chi connectivity index (χ3v) is 5.56. The van der Waals surface area contributed by atoms with Crippen LogP contribution in [0.3, 0.4) is 0 Å². The Balaban J connectivity index is 1.85. The molecule has 23 heavy (non-hydrogen) atoms. The molecule has 3 heteroatoms. The van der Waals surface area contributed by atoms with Crippen molar-refractivity contribution >= 4 is 0 Å². The Morgan fingerprint density at radius 3 is 2.61 bits per heavy atom. The van der Waals surface area contributed by atoms with E-state index in [1.165, 1.54) is 36.8 Å². The van der Waals surface area contributed by atoms with E-state index in [1.54, 1.807) is 19.2 Å². The maximum Gasteiger partial charge on any atom is 0.128 e. The number of ether oxygens (including phenoxy) is 1. The van der Waals surface area contributed by atoms with E-state index in [9.17, 15) is 4.39 Å². The fourth-order valence-electron chi connectivity index (χ4n) is 4.36. The van der Waals surface area contributed by atoms with Crippen molar-refractivity contribution in [2.75, 3.05) is 13.7 Å².